The number of carbonyl (C=O) groups excluding carboxylic acids is 3. The van der Waals surface area contributed by atoms with Crippen molar-refractivity contribution in [2.45, 2.75) is 32.9 Å². The molecule has 0 unspecified atom stereocenters. The Morgan fingerprint density at radius 1 is 1.19 bits per heavy atom. The van der Waals surface area contributed by atoms with Crippen LogP contribution in [0, 0.1) is 12.7 Å². The van der Waals surface area contributed by atoms with Crippen LogP contribution in [0.5, 0.6) is 0 Å². The van der Waals surface area contributed by atoms with E-state index >= 15 is 0 Å². The van der Waals surface area contributed by atoms with E-state index in [0.717, 1.165) is 16.8 Å². The minimum absolute atomic E-state index is 0.0468. The Morgan fingerprint density at radius 3 is 2.62 bits per heavy atom. The number of anilines is 1. The van der Waals surface area contributed by atoms with Gasteiger partial charge in [-0.15, -0.1) is 0 Å². The van der Waals surface area contributed by atoms with Gasteiger partial charge in [0.1, 0.15) is 17.5 Å². The first-order chi connectivity index (χ1) is 15.3. The Kier molecular flexibility index (Phi) is 6.13. The number of fused-ring (bicyclic) bond motifs is 1. The molecule has 10 heteroatoms. The molecular formula is C22H25FN6O3. The molecule has 3 heterocycles. The van der Waals surface area contributed by atoms with E-state index in [0.29, 0.717) is 44.1 Å². The van der Waals surface area contributed by atoms with E-state index in [2.05, 4.69) is 15.3 Å². The van der Waals surface area contributed by atoms with Gasteiger partial charge in [0.15, 0.2) is 0 Å². The zero-order chi connectivity index (χ0) is 22.8. The molecule has 0 saturated carbocycles. The number of hydrogen-bond donors (Lipinski definition) is 1. The summed E-state index contributed by atoms with van der Waals surface area (Å²) >= 11 is 0. The Hall–Kier alpha value is -3.40. The molecule has 2 aromatic rings. The molecular weight excluding hydrogens is 415 g/mol. The maximum Gasteiger partial charge on any atom is 0.324 e. The summed E-state index contributed by atoms with van der Waals surface area (Å²) in [4.78, 5) is 50.5. The van der Waals surface area contributed by atoms with Crippen molar-refractivity contribution in [3.63, 3.8) is 0 Å². The average molecular weight is 440 g/mol. The number of benzene rings is 1. The lowest BCUT2D eigenvalue weighted by Gasteiger charge is -2.30. The van der Waals surface area contributed by atoms with Crippen molar-refractivity contribution < 1.29 is 18.8 Å². The number of imide groups is 1. The third-order valence-corrected chi connectivity index (χ3v) is 5.61. The SMILES string of the molecule is Cc1nc(CN(C)CC(=O)N2CCNC2=O)nc2c1CCC(=O)N2Cc1ccc(F)cc1. The quantitative estimate of drug-likeness (QED) is 0.729. The Bertz CT molecular complexity index is 1060. The third kappa shape index (κ3) is 4.59. The van der Waals surface area contributed by atoms with E-state index in [9.17, 15) is 18.8 Å². The molecule has 0 spiro atoms. The van der Waals surface area contributed by atoms with E-state index < -0.39 is 0 Å². The van der Waals surface area contributed by atoms with Crippen LogP contribution in [0.3, 0.4) is 0 Å². The van der Waals surface area contributed by atoms with Gasteiger partial charge in [-0.05, 0) is 38.1 Å². The van der Waals surface area contributed by atoms with Crippen LogP contribution in [-0.4, -0.2) is 64.3 Å². The summed E-state index contributed by atoms with van der Waals surface area (Å²) in [6.45, 7) is 3.33. The summed E-state index contributed by atoms with van der Waals surface area (Å²) < 4.78 is 13.3. The molecule has 0 aliphatic carbocycles. The summed E-state index contributed by atoms with van der Waals surface area (Å²) in [5.74, 6) is 0.385. The van der Waals surface area contributed by atoms with E-state index in [-0.39, 0.29) is 36.8 Å². The Balaban J connectivity index is 1.52. The fourth-order valence-electron chi connectivity index (χ4n) is 3.97. The molecule has 1 fully saturated rings. The van der Waals surface area contributed by atoms with Gasteiger partial charge in [-0.25, -0.2) is 19.2 Å². The lowest BCUT2D eigenvalue weighted by molar-refractivity contribution is -0.128. The van der Waals surface area contributed by atoms with Crippen molar-refractivity contribution in [3.05, 3.63) is 52.7 Å². The second kappa shape index (κ2) is 8.99. The van der Waals surface area contributed by atoms with Gasteiger partial charge < -0.3 is 5.32 Å². The maximum atomic E-state index is 13.3. The average Bonchev–Trinajstić information content (AvgIpc) is 3.17. The molecule has 1 aromatic carbocycles. The molecule has 4 amide bonds. The van der Waals surface area contributed by atoms with E-state index in [4.69, 9.17) is 0 Å². The topological polar surface area (TPSA) is 98.7 Å². The predicted octanol–water partition coefficient (Wildman–Crippen LogP) is 1.39. The van der Waals surface area contributed by atoms with Crippen molar-refractivity contribution in [2.75, 3.05) is 31.6 Å². The lowest BCUT2D eigenvalue weighted by atomic mass is 10.0. The van der Waals surface area contributed by atoms with E-state index in [1.54, 1.807) is 29.0 Å². The normalized spacial score (nSPS) is 15.9. The van der Waals surface area contributed by atoms with E-state index in [1.165, 1.54) is 17.0 Å². The van der Waals surface area contributed by atoms with Crippen LogP contribution in [0.25, 0.3) is 0 Å². The second-order valence-electron chi connectivity index (χ2n) is 8.08. The molecule has 4 rings (SSSR count). The molecule has 1 aromatic heterocycles. The van der Waals surface area contributed by atoms with Crippen LogP contribution < -0.4 is 10.2 Å². The molecule has 2 aliphatic rings. The lowest BCUT2D eigenvalue weighted by Crippen LogP contribution is -2.41. The van der Waals surface area contributed by atoms with Crippen molar-refractivity contribution in [3.8, 4) is 0 Å². The summed E-state index contributed by atoms with van der Waals surface area (Å²) in [7, 11) is 1.76. The van der Waals surface area contributed by atoms with Gasteiger partial charge in [-0.2, -0.15) is 0 Å². The highest BCUT2D eigenvalue weighted by Crippen LogP contribution is 2.29. The molecule has 0 radical (unpaired) electrons. The summed E-state index contributed by atoms with van der Waals surface area (Å²) in [5.41, 5.74) is 2.51. The first-order valence-electron chi connectivity index (χ1n) is 10.5. The number of halogens is 1. The maximum absolute atomic E-state index is 13.3. The molecule has 32 heavy (non-hydrogen) atoms. The van der Waals surface area contributed by atoms with Gasteiger partial charge in [-0.1, -0.05) is 12.1 Å². The highest BCUT2D eigenvalue weighted by atomic mass is 19.1. The van der Waals surface area contributed by atoms with Crippen LogP contribution in [0.2, 0.25) is 0 Å². The fraction of sp³-hybridized carbons (Fsp3) is 0.409. The van der Waals surface area contributed by atoms with Crippen LogP contribution in [-0.2, 0) is 29.1 Å². The van der Waals surface area contributed by atoms with Crippen LogP contribution in [0.1, 0.15) is 29.1 Å². The number of urea groups is 1. The van der Waals surface area contributed by atoms with Gasteiger partial charge in [0.2, 0.25) is 11.8 Å². The minimum Gasteiger partial charge on any atom is -0.336 e. The number of amides is 4. The number of carbonyl (C=O) groups is 3. The molecule has 168 valence electrons. The largest absolute Gasteiger partial charge is 0.336 e. The van der Waals surface area contributed by atoms with Crippen LogP contribution in [0.4, 0.5) is 15.0 Å². The zero-order valence-corrected chi connectivity index (χ0v) is 18.1. The predicted molar refractivity (Wildman–Crippen MR) is 114 cm³/mol. The van der Waals surface area contributed by atoms with Gasteiger partial charge in [-0.3, -0.25) is 24.3 Å². The number of likely N-dealkylation sites (N-methyl/N-ethyl adjacent to an activating group) is 1. The fourth-order valence-corrected chi connectivity index (χ4v) is 3.97. The minimum atomic E-state index is -0.376. The summed E-state index contributed by atoms with van der Waals surface area (Å²) in [6, 6.07) is 5.67. The first kappa shape index (κ1) is 21.8. The van der Waals surface area contributed by atoms with Crippen LogP contribution in [0.15, 0.2) is 24.3 Å². The standard InChI is InChI=1S/C22H25FN6O3/c1-14-17-7-8-19(30)29(11-15-3-5-16(23)6-4-15)21(17)26-18(25-14)12-27(2)13-20(31)28-10-9-24-22(28)32/h3-6H,7-13H2,1-2H3,(H,24,32). The smallest absolute Gasteiger partial charge is 0.324 e. The second-order valence-corrected chi connectivity index (χ2v) is 8.08. The molecule has 0 atom stereocenters. The molecule has 9 nitrogen and oxygen atoms in total. The Morgan fingerprint density at radius 2 is 1.94 bits per heavy atom. The third-order valence-electron chi connectivity index (χ3n) is 5.61. The van der Waals surface area contributed by atoms with Crippen LogP contribution >= 0.6 is 0 Å². The number of aromatic nitrogens is 2. The van der Waals surface area contributed by atoms with Crippen molar-refractivity contribution in [1.82, 2.24) is 25.1 Å². The van der Waals surface area contributed by atoms with Gasteiger partial charge in [0, 0.05) is 30.8 Å². The number of rotatable bonds is 6. The zero-order valence-electron chi connectivity index (χ0n) is 18.1. The van der Waals surface area contributed by atoms with E-state index in [1.807, 2.05) is 6.92 Å². The molecule has 1 saturated heterocycles. The number of nitrogens with zero attached hydrogens (tertiary/aromatic N) is 5. The van der Waals surface area contributed by atoms with Crippen molar-refractivity contribution in [2.24, 2.45) is 0 Å². The molecule has 2 aliphatic heterocycles. The highest BCUT2D eigenvalue weighted by molar-refractivity contribution is 5.97. The van der Waals surface area contributed by atoms with Crippen molar-refractivity contribution >= 4 is 23.7 Å². The number of aryl methyl sites for hydroxylation is 1. The van der Waals surface area contributed by atoms with Crippen molar-refractivity contribution in [1.29, 1.82) is 0 Å². The molecule has 1 N–H and O–H groups in total. The van der Waals surface area contributed by atoms with Gasteiger partial charge >= 0.3 is 6.03 Å². The summed E-state index contributed by atoms with van der Waals surface area (Å²) in [5, 5.41) is 2.61. The van der Waals surface area contributed by atoms with Gasteiger partial charge in [0.05, 0.1) is 19.6 Å². The summed E-state index contributed by atoms with van der Waals surface area (Å²) in [6.07, 6.45) is 0.933. The Labute approximate surface area is 185 Å². The number of hydrogen-bond acceptors (Lipinski definition) is 6. The monoisotopic (exact) mass is 440 g/mol. The highest BCUT2D eigenvalue weighted by Gasteiger charge is 2.29. The number of nitrogens with one attached hydrogen (secondary N) is 1. The van der Waals surface area contributed by atoms with Gasteiger partial charge in [0.25, 0.3) is 0 Å². The first-order valence-corrected chi connectivity index (χ1v) is 10.5. The molecule has 0 bridgehead atoms.